The average molecular weight is 448 g/mol. The van der Waals surface area contributed by atoms with Crippen LogP contribution in [-0.2, 0) is 11.3 Å². The third-order valence-corrected chi connectivity index (χ3v) is 4.54. The van der Waals surface area contributed by atoms with Crippen LogP contribution in [0.25, 0.3) is 0 Å². The molecule has 8 heteroatoms. The van der Waals surface area contributed by atoms with Crippen molar-refractivity contribution < 1.29 is 4.74 Å². The van der Waals surface area contributed by atoms with Crippen LogP contribution in [0, 0.1) is 0 Å². The molecule has 0 aliphatic carbocycles. The molecular formula is C16H29IN6O. The van der Waals surface area contributed by atoms with Gasteiger partial charge in [-0.25, -0.2) is 4.98 Å². The van der Waals surface area contributed by atoms with Gasteiger partial charge >= 0.3 is 0 Å². The molecule has 0 bridgehead atoms. The molecule has 24 heavy (non-hydrogen) atoms. The fourth-order valence-corrected chi connectivity index (χ4v) is 3.29. The van der Waals surface area contributed by atoms with E-state index in [0.717, 1.165) is 65.0 Å². The zero-order chi connectivity index (χ0) is 15.9. The lowest BCUT2D eigenvalue weighted by Gasteiger charge is -2.32. The van der Waals surface area contributed by atoms with Crippen LogP contribution in [0.15, 0.2) is 23.7 Å². The van der Waals surface area contributed by atoms with Gasteiger partial charge in [-0.2, -0.15) is 0 Å². The number of aliphatic imine (C=N–C) groups is 1. The molecule has 3 heterocycles. The Kier molecular flexibility index (Phi) is 8.26. The second kappa shape index (κ2) is 10.2. The Bertz CT molecular complexity index is 489. The van der Waals surface area contributed by atoms with Crippen molar-refractivity contribution in [1.29, 1.82) is 0 Å². The summed E-state index contributed by atoms with van der Waals surface area (Å²) in [6.45, 7) is 10.7. The largest absolute Gasteiger partial charge is 0.379 e. The maximum absolute atomic E-state index is 5.46. The number of ether oxygens (including phenoxy) is 1. The number of nitrogens with zero attached hydrogens (tertiary/aromatic N) is 5. The summed E-state index contributed by atoms with van der Waals surface area (Å²) in [6.07, 6.45) is 6.84. The summed E-state index contributed by atoms with van der Waals surface area (Å²) < 4.78 is 7.52. The number of guanidine groups is 1. The summed E-state index contributed by atoms with van der Waals surface area (Å²) >= 11 is 0. The van der Waals surface area contributed by atoms with Crippen LogP contribution in [0.3, 0.4) is 0 Å². The molecule has 1 aromatic rings. The van der Waals surface area contributed by atoms with E-state index in [1.807, 2.05) is 18.7 Å². The molecule has 2 aliphatic heterocycles. The van der Waals surface area contributed by atoms with E-state index >= 15 is 0 Å². The van der Waals surface area contributed by atoms with Crippen molar-refractivity contribution in [3.05, 3.63) is 18.7 Å². The topological polar surface area (TPSA) is 57.9 Å². The quantitative estimate of drug-likeness (QED) is 0.412. The van der Waals surface area contributed by atoms with Gasteiger partial charge in [0, 0.05) is 57.7 Å². The molecule has 0 saturated carbocycles. The van der Waals surface area contributed by atoms with E-state index in [4.69, 9.17) is 9.73 Å². The van der Waals surface area contributed by atoms with Crippen molar-refractivity contribution in [2.45, 2.75) is 25.9 Å². The van der Waals surface area contributed by atoms with Gasteiger partial charge in [0.2, 0.25) is 0 Å². The van der Waals surface area contributed by atoms with Gasteiger partial charge in [0.25, 0.3) is 0 Å². The highest BCUT2D eigenvalue weighted by Gasteiger charge is 2.30. The number of aromatic nitrogens is 2. The standard InChI is InChI=1S/C16H28N6O.HI/c1-2-18-16(19-5-8-20-7-4-17-14-20)22-6-3-15(13-22)21-9-11-23-12-10-21;/h4,7,14-15H,2-3,5-6,8-13H2,1H3,(H,18,19);1H. The first-order valence-corrected chi connectivity index (χ1v) is 8.67. The normalized spacial score (nSPS) is 22.5. The van der Waals surface area contributed by atoms with Crippen LogP contribution >= 0.6 is 24.0 Å². The summed E-state index contributed by atoms with van der Waals surface area (Å²) in [4.78, 5) is 13.8. The van der Waals surface area contributed by atoms with E-state index in [2.05, 4.69) is 31.6 Å². The fraction of sp³-hybridized carbons (Fsp3) is 0.750. The number of hydrogen-bond acceptors (Lipinski definition) is 4. The Morgan fingerprint density at radius 2 is 2.17 bits per heavy atom. The predicted molar refractivity (Wildman–Crippen MR) is 106 cm³/mol. The van der Waals surface area contributed by atoms with Crippen LogP contribution in [0.5, 0.6) is 0 Å². The third kappa shape index (κ3) is 5.32. The van der Waals surface area contributed by atoms with Crippen LogP contribution in [-0.4, -0.2) is 83.8 Å². The second-order valence-corrected chi connectivity index (χ2v) is 6.07. The molecule has 3 rings (SSSR count). The maximum Gasteiger partial charge on any atom is 0.194 e. The smallest absolute Gasteiger partial charge is 0.194 e. The van der Waals surface area contributed by atoms with Gasteiger partial charge in [-0.3, -0.25) is 9.89 Å². The zero-order valence-electron chi connectivity index (χ0n) is 14.4. The molecule has 2 fully saturated rings. The molecule has 2 aliphatic rings. The molecule has 136 valence electrons. The highest BCUT2D eigenvalue weighted by Crippen LogP contribution is 2.17. The monoisotopic (exact) mass is 448 g/mol. The van der Waals surface area contributed by atoms with Gasteiger partial charge in [0.1, 0.15) is 0 Å². The summed E-state index contributed by atoms with van der Waals surface area (Å²) in [5.41, 5.74) is 0. The van der Waals surface area contributed by atoms with Crippen LogP contribution in [0.4, 0.5) is 0 Å². The molecule has 1 aromatic heterocycles. The first-order valence-electron chi connectivity index (χ1n) is 8.67. The fourth-order valence-electron chi connectivity index (χ4n) is 3.29. The number of likely N-dealkylation sites (tertiary alicyclic amines) is 1. The minimum Gasteiger partial charge on any atom is -0.379 e. The number of rotatable bonds is 5. The van der Waals surface area contributed by atoms with E-state index in [0.29, 0.717) is 6.04 Å². The molecule has 1 atom stereocenters. The Morgan fingerprint density at radius 3 is 2.88 bits per heavy atom. The van der Waals surface area contributed by atoms with E-state index in [1.54, 1.807) is 0 Å². The van der Waals surface area contributed by atoms with E-state index in [1.165, 1.54) is 6.42 Å². The number of morpholine rings is 1. The molecule has 2 saturated heterocycles. The van der Waals surface area contributed by atoms with Crippen LogP contribution < -0.4 is 5.32 Å². The minimum absolute atomic E-state index is 0. The molecule has 1 N–H and O–H groups in total. The lowest BCUT2D eigenvalue weighted by atomic mass is 10.2. The van der Waals surface area contributed by atoms with Crippen molar-refractivity contribution in [3.63, 3.8) is 0 Å². The van der Waals surface area contributed by atoms with Gasteiger partial charge in [-0.1, -0.05) is 0 Å². The van der Waals surface area contributed by atoms with Crippen molar-refractivity contribution in [3.8, 4) is 0 Å². The first-order chi connectivity index (χ1) is 11.4. The highest BCUT2D eigenvalue weighted by molar-refractivity contribution is 14.0. The van der Waals surface area contributed by atoms with Gasteiger partial charge in [0.15, 0.2) is 5.96 Å². The SMILES string of the molecule is CCNC(=NCCn1ccnc1)N1CCC(N2CCOCC2)C1.I. The predicted octanol–water partition coefficient (Wildman–Crippen LogP) is 0.873. The highest BCUT2D eigenvalue weighted by atomic mass is 127. The zero-order valence-corrected chi connectivity index (χ0v) is 16.8. The first kappa shape index (κ1) is 19.5. The molecule has 0 spiro atoms. The lowest BCUT2D eigenvalue weighted by molar-refractivity contribution is 0.0195. The summed E-state index contributed by atoms with van der Waals surface area (Å²) in [5.74, 6) is 1.04. The molecule has 0 aromatic carbocycles. The van der Waals surface area contributed by atoms with E-state index < -0.39 is 0 Å². The second-order valence-electron chi connectivity index (χ2n) is 6.07. The Labute approximate surface area is 161 Å². The number of halogens is 1. The van der Waals surface area contributed by atoms with E-state index in [-0.39, 0.29) is 24.0 Å². The Hall–Kier alpha value is -0.870. The van der Waals surface area contributed by atoms with Gasteiger partial charge in [-0.15, -0.1) is 24.0 Å². The summed E-state index contributed by atoms with van der Waals surface area (Å²) in [7, 11) is 0. The van der Waals surface area contributed by atoms with Gasteiger partial charge in [0.05, 0.1) is 26.1 Å². The van der Waals surface area contributed by atoms with Gasteiger partial charge in [-0.05, 0) is 13.3 Å². The van der Waals surface area contributed by atoms with Gasteiger partial charge < -0.3 is 19.5 Å². The lowest BCUT2D eigenvalue weighted by Crippen LogP contribution is -2.46. The molecule has 0 radical (unpaired) electrons. The molecule has 1 unspecified atom stereocenters. The summed E-state index contributed by atoms with van der Waals surface area (Å²) in [5, 5.41) is 3.44. The number of nitrogens with one attached hydrogen (secondary N) is 1. The van der Waals surface area contributed by atoms with Crippen LogP contribution in [0.2, 0.25) is 0 Å². The maximum atomic E-state index is 5.46. The van der Waals surface area contributed by atoms with Crippen molar-refractivity contribution in [1.82, 2.24) is 24.7 Å². The van der Waals surface area contributed by atoms with Crippen molar-refractivity contribution in [2.75, 3.05) is 52.5 Å². The molecular weight excluding hydrogens is 419 g/mol. The van der Waals surface area contributed by atoms with E-state index in [9.17, 15) is 0 Å². The third-order valence-electron chi connectivity index (χ3n) is 4.54. The molecule has 7 nitrogen and oxygen atoms in total. The Morgan fingerprint density at radius 1 is 1.33 bits per heavy atom. The number of hydrogen-bond donors (Lipinski definition) is 1. The van der Waals surface area contributed by atoms with Crippen molar-refractivity contribution >= 4 is 29.9 Å². The van der Waals surface area contributed by atoms with Crippen LogP contribution in [0.1, 0.15) is 13.3 Å². The Balaban J connectivity index is 0.00000208. The molecule has 0 amide bonds. The summed E-state index contributed by atoms with van der Waals surface area (Å²) in [6, 6.07) is 0.636. The minimum atomic E-state index is 0. The average Bonchev–Trinajstić information content (AvgIpc) is 3.27. The van der Waals surface area contributed by atoms with Crippen molar-refractivity contribution in [2.24, 2.45) is 4.99 Å². The number of imidazole rings is 1.